The molecule has 0 saturated heterocycles. The van der Waals surface area contributed by atoms with E-state index >= 15 is 0 Å². The number of aromatic nitrogens is 4. The second kappa shape index (κ2) is 6.66. The summed E-state index contributed by atoms with van der Waals surface area (Å²) in [5, 5.41) is 12.2. The normalized spacial score (nSPS) is 11.6. The van der Waals surface area contributed by atoms with Crippen LogP contribution in [0.4, 0.5) is 18.9 Å². The number of nitrogens with zero attached hydrogens (tertiary/aromatic N) is 3. The van der Waals surface area contributed by atoms with Crippen LogP contribution in [0.1, 0.15) is 33.1 Å². The molecule has 26 heavy (non-hydrogen) atoms. The maximum atomic E-state index is 12.6. The van der Waals surface area contributed by atoms with E-state index in [0.29, 0.717) is 29.7 Å². The summed E-state index contributed by atoms with van der Waals surface area (Å²) in [6, 6.07) is 10.3. The Morgan fingerprint density at radius 2 is 1.92 bits per heavy atom. The van der Waals surface area contributed by atoms with Gasteiger partial charge in [0, 0.05) is 6.07 Å². The van der Waals surface area contributed by atoms with Gasteiger partial charge in [0.05, 0.1) is 23.6 Å². The molecule has 3 aromatic rings. The summed E-state index contributed by atoms with van der Waals surface area (Å²) < 4.78 is 39.6. The summed E-state index contributed by atoms with van der Waals surface area (Å²) in [4.78, 5) is 12.2. The van der Waals surface area contributed by atoms with Crippen LogP contribution in [0.15, 0.2) is 36.4 Å². The minimum Gasteiger partial charge on any atom is -0.317 e. The number of halogens is 3. The summed E-state index contributed by atoms with van der Waals surface area (Å²) >= 11 is 0. The lowest BCUT2D eigenvalue weighted by Crippen LogP contribution is -2.14. The number of carbonyl (C=O) groups excluding carboxylic acids is 1. The first-order valence-corrected chi connectivity index (χ1v) is 7.77. The van der Waals surface area contributed by atoms with Crippen molar-refractivity contribution in [2.24, 2.45) is 0 Å². The fourth-order valence-electron chi connectivity index (χ4n) is 2.55. The number of amides is 1. The fourth-order valence-corrected chi connectivity index (χ4v) is 2.55. The number of nitrogens with one attached hydrogen (secondary N) is 2. The van der Waals surface area contributed by atoms with Gasteiger partial charge < -0.3 is 5.32 Å². The Kier molecular flexibility index (Phi) is 4.54. The van der Waals surface area contributed by atoms with Gasteiger partial charge in [-0.1, -0.05) is 30.3 Å². The van der Waals surface area contributed by atoms with E-state index in [4.69, 9.17) is 0 Å². The van der Waals surface area contributed by atoms with Gasteiger partial charge in [-0.2, -0.15) is 23.4 Å². The molecule has 0 fully saturated rings. The van der Waals surface area contributed by atoms with Crippen LogP contribution in [0, 0.1) is 13.8 Å². The average molecular weight is 363 g/mol. The van der Waals surface area contributed by atoms with Gasteiger partial charge in [0.2, 0.25) is 0 Å². The number of benzene rings is 1. The molecular weight excluding hydrogens is 347 g/mol. The Balaban J connectivity index is 1.79. The SMILES string of the molecule is Cc1nn(Cc2ccccc2)c(C)c1NC(=O)c1cc(C(F)(F)F)[nH]n1. The molecule has 2 heterocycles. The van der Waals surface area contributed by atoms with E-state index in [0.717, 1.165) is 5.56 Å². The lowest BCUT2D eigenvalue weighted by molar-refractivity contribution is -0.141. The Morgan fingerprint density at radius 3 is 2.54 bits per heavy atom. The van der Waals surface area contributed by atoms with Crippen LogP contribution < -0.4 is 5.32 Å². The van der Waals surface area contributed by atoms with Gasteiger partial charge in [0.15, 0.2) is 5.69 Å². The smallest absolute Gasteiger partial charge is 0.317 e. The molecule has 2 N–H and O–H groups in total. The number of aromatic amines is 1. The molecule has 3 rings (SSSR count). The van der Waals surface area contributed by atoms with Crippen molar-refractivity contribution in [1.82, 2.24) is 20.0 Å². The number of rotatable bonds is 4. The van der Waals surface area contributed by atoms with Crippen LogP contribution in [0.25, 0.3) is 0 Å². The van der Waals surface area contributed by atoms with Gasteiger partial charge in [0.1, 0.15) is 5.69 Å². The first-order chi connectivity index (χ1) is 12.3. The van der Waals surface area contributed by atoms with Gasteiger partial charge in [-0.05, 0) is 19.4 Å². The first-order valence-electron chi connectivity index (χ1n) is 7.77. The van der Waals surface area contributed by atoms with E-state index in [9.17, 15) is 18.0 Å². The van der Waals surface area contributed by atoms with Gasteiger partial charge >= 0.3 is 6.18 Å². The van der Waals surface area contributed by atoms with Crippen molar-refractivity contribution >= 4 is 11.6 Å². The molecule has 136 valence electrons. The van der Waals surface area contributed by atoms with Crippen LogP contribution >= 0.6 is 0 Å². The number of H-pyrrole nitrogens is 1. The van der Waals surface area contributed by atoms with Crippen LogP contribution in [0.2, 0.25) is 0 Å². The van der Waals surface area contributed by atoms with Gasteiger partial charge in [-0.25, -0.2) is 0 Å². The molecule has 0 aliphatic rings. The quantitative estimate of drug-likeness (QED) is 0.744. The van der Waals surface area contributed by atoms with Crippen LogP contribution in [0.5, 0.6) is 0 Å². The highest BCUT2D eigenvalue weighted by Gasteiger charge is 2.34. The second-order valence-corrected chi connectivity index (χ2v) is 5.81. The Bertz CT molecular complexity index is 928. The highest BCUT2D eigenvalue weighted by atomic mass is 19.4. The molecule has 0 spiro atoms. The molecule has 0 saturated carbocycles. The minimum atomic E-state index is -4.59. The topological polar surface area (TPSA) is 75.6 Å². The summed E-state index contributed by atoms with van der Waals surface area (Å²) in [6.07, 6.45) is -4.59. The minimum absolute atomic E-state index is 0.341. The number of carbonyl (C=O) groups is 1. The summed E-state index contributed by atoms with van der Waals surface area (Å²) in [5.41, 5.74) is 1.35. The molecule has 0 aliphatic carbocycles. The van der Waals surface area contributed by atoms with Crippen molar-refractivity contribution < 1.29 is 18.0 Å². The van der Waals surface area contributed by atoms with Crippen molar-refractivity contribution in [3.63, 3.8) is 0 Å². The molecule has 0 aliphatic heterocycles. The third-order valence-electron chi connectivity index (χ3n) is 3.91. The van der Waals surface area contributed by atoms with E-state index in [1.165, 1.54) is 0 Å². The largest absolute Gasteiger partial charge is 0.432 e. The number of aryl methyl sites for hydroxylation is 1. The zero-order valence-corrected chi connectivity index (χ0v) is 14.1. The van der Waals surface area contributed by atoms with Gasteiger partial charge in [-0.15, -0.1) is 0 Å². The predicted octanol–water partition coefficient (Wildman–Crippen LogP) is 3.54. The van der Waals surface area contributed by atoms with Crippen molar-refractivity contribution in [2.45, 2.75) is 26.6 Å². The maximum absolute atomic E-state index is 12.6. The molecule has 6 nitrogen and oxygen atoms in total. The van der Waals surface area contributed by atoms with Crippen LogP contribution in [-0.2, 0) is 12.7 Å². The van der Waals surface area contributed by atoms with E-state index < -0.39 is 17.8 Å². The maximum Gasteiger partial charge on any atom is 0.432 e. The Labute approximate surface area is 147 Å². The third-order valence-corrected chi connectivity index (χ3v) is 3.91. The molecule has 1 aromatic carbocycles. The Morgan fingerprint density at radius 1 is 1.23 bits per heavy atom. The van der Waals surface area contributed by atoms with E-state index in [-0.39, 0.29) is 5.69 Å². The number of anilines is 1. The van der Waals surface area contributed by atoms with Crippen LogP contribution in [0.3, 0.4) is 0 Å². The summed E-state index contributed by atoms with van der Waals surface area (Å²) in [5.74, 6) is -0.734. The molecule has 1 amide bonds. The molecule has 0 unspecified atom stereocenters. The number of alkyl halides is 3. The average Bonchev–Trinajstić information content (AvgIpc) is 3.17. The van der Waals surface area contributed by atoms with E-state index in [2.05, 4.69) is 15.5 Å². The molecule has 0 bridgehead atoms. The third kappa shape index (κ3) is 3.61. The second-order valence-electron chi connectivity index (χ2n) is 5.81. The summed E-state index contributed by atoms with van der Waals surface area (Å²) in [6.45, 7) is 4.02. The molecular formula is C17H16F3N5O. The molecule has 2 aromatic heterocycles. The number of hydrogen-bond acceptors (Lipinski definition) is 3. The van der Waals surface area contributed by atoms with Gasteiger partial charge in [-0.3, -0.25) is 14.6 Å². The highest BCUT2D eigenvalue weighted by Crippen LogP contribution is 2.28. The lowest BCUT2D eigenvalue weighted by atomic mass is 10.2. The predicted molar refractivity (Wildman–Crippen MR) is 88.8 cm³/mol. The standard InChI is InChI=1S/C17H16F3N5O/c1-10-15(11(2)25(24-10)9-12-6-4-3-5-7-12)21-16(26)13-8-14(23-22-13)17(18,19)20/h3-8H,9H2,1-2H3,(H,21,26)(H,22,23). The monoisotopic (exact) mass is 363 g/mol. The fraction of sp³-hybridized carbons (Fsp3) is 0.235. The van der Waals surface area contributed by atoms with Crippen LogP contribution in [-0.4, -0.2) is 25.9 Å². The summed E-state index contributed by atoms with van der Waals surface area (Å²) in [7, 11) is 0. The number of hydrogen-bond donors (Lipinski definition) is 2. The molecule has 0 atom stereocenters. The van der Waals surface area contributed by atoms with E-state index in [1.807, 2.05) is 35.4 Å². The zero-order valence-electron chi connectivity index (χ0n) is 14.1. The molecule has 0 radical (unpaired) electrons. The van der Waals surface area contributed by atoms with Crippen molar-refractivity contribution in [3.8, 4) is 0 Å². The molecule has 9 heteroatoms. The van der Waals surface area contributed by atoms with Gasteiger partial charge in [0.25, 0.3) is 5.91 Å². The van der Waals surface area contributed by atoms with E-state index in [1.54, 1.807) is 18.5 Å². The van der Waals surface area contributed by atoms with Crippen molar-refractivity contribution in [3.05, 3.63) is 64.7 Å². The zero-order chi connectivity index (χ0) is 18.9. The van der Waals surface area contributed by atoms with Crippen molar-refractivity contribution in [1.29, 1.82) is 0 Å². The first kappa shape index (κ1) is 17.7. The lowest BCUT2D eigenvalue weighted by Gasteiger charge is -2.06. The highest BCUT2D eigenvalue weighted by molar-refractivity contribution is 6.03. The Hall–Kier alpha value is -3.10. The van der Waals surface area contributed by atoms with Crippen molar-refractivity contribution in [2.75, 3.05) is 5.32 Å².